The van der Waals surface area contributed by atoms with Crippen molar-refractivity contribution >= 4 is 26.8 Å². The molecular weight excluding hydrogens is 302 g/mol. The highest BCUT2D eigenvalue weighted by atomic mass is 32.2. The van der Waals surface area contributed by atoms with E-state index in [1.165, 1.54) is 5.41 Å². The van der Waals surface area contributed by atoms with Gasteiger partial charge < -0.3 is 10.3 Å². The molecule has 0 saturated carbocycles. The monoisotopic (exact) mass is 319 g/mol. The first-order chi connectivity index (χ1) is 10.4. The Morgan fingerprint density at radius 1 is 1.45 bits per heavy atom. The lowest BCUT2D eigenvalue weighted by Gasteiger charge is -2.08. The molecule has 2 N–H and O–H groups in total. The number of nitrogens with zero attached hydrogens (tertiary/aromatic N) is 1. The maximum absolute atomic E-state index is 11.9. The predicted octanol–water partition coefficient (Wildman–Crippen LogP) is 1.44. The molecule has 0 aliphatic carbocycles. The first-order valence-corrected chi connectivity index (χ1v) is 8.76. The van der Waals surface area contributed by atoms with Crippen LogP contribution in [0.25, 0.3) is 11.0 Å². The summed E-state index contributed by atoms with van der Waals surface area (Å²) >= 11 is 0. The molecule has 3 rings (SSSR count). The average molecular weight is 319 g/mol. The summed E-state index contributed by atoms with van der Waals surface area (Å²) in [6, 6.07) is 5.78. The first-order valence-electron chi connectivity index (χ1n) is 7.04. The van der Waals surface area contributed by atoms with Crippen LogP contribution in [0.2, 0.25) is 0 Å². The van der Waals surface area contributed by atoms with Crippen molar-refractivity contribution in [3.8, 4) is 0 Å². The van der Waals surface area contributed by atoms with Crippen LogP contribution < -0.4 is 5.32 Å². The zero-order chi connectivity index (χ0) is 15.7. The topological polar surface area (TPSA) is 91.9 Å². The van der Waals surface area contributed by atoms with Crippen LogP contribution in [0.1, 0.15) is 17.8 Å². The molecule has 0 radical (unpaired) electrons. The van der Waals surface area contributed by atoms with E-state index in [2.05, 4.69) is 15.3 Å². The summed E-state index contributed by atoms with van der Waals surface area (Å²) in [6.07, 6.45) is 1.79. The lowest BCUT2D eigenvalue weighted by molar-refractivity contribution is -0.121. The van der Waals surface area contributed by atoms with Crippen molar-refractivity contribution in [3.05, 3.63) is 41.1 Å². The number of rotatable bonds is 4. The number of imidazole rings is 1. The van der Waals surface area contributed by atoms with Crippen LogP contribution >= 0.6 is 0 Å². The van der Waals surface area contributed by atoms with E-state index in [0.717, 1.165) is 22.4 Å². The molecule has 116 valence electrons. The van der Waals surface area contributed by atoms with Crippen molar-refractivity contribution in [2.75, 3.05) is 5.75 Å². The van der Waals surface area contributed by atoms with Crippen LogP contribution in [0.5, 0.6) is 0 Å². The van der Waals surface area contributed by atoms with Crippen molar-refractivity contribution in [2.24, 2.45) is 5.92 Å². The molecule has 22 heavy (non-hydrogen) atoms. The van der Waals surface area contributed by atoms with Crippen molar-refractivity contribution < 1.29 is 13.2 Å². The number of amides is 1. The number of allylic oxidation sites excluding steroid dienone is 1. The van der Waals surface area contributed by atoms with E-state index >= 15 is 0 Å². The highest BCUT2D eigenvalue weighted by molar-refractivity contribution is 7.94. The molecule has 0 fully saturated rings. The van der Waals surface area contributed by atoms with Gasteiger partial charge in [0.1, 0.15) is 5.82 Å². The minimum atomic E-state index is -3.10. The van der Waals surface area contributed by atoms with E-state index in [4.69, 9.17) is 0 Å². The number of benzene rings is 1. The Balaban J connectivity index is 1.57. The number of carbonyl (C=O) groups is 1. The van der Waals surface area contributed by atoms with Gasteiger partial charge in [0.25, 0.3) is 0 Å². The molecule has 0 bridgehead atoms. The van der Waals surface area contributed by atoms with Crippen LogP contribution in [-0.2, 0) is 21.2 Å². The number of aromatic amines is 1. The van der Waals surface area contributed by atoms with Crippen LogP contribution in [0.15, 0.2) is 29.7 Å². The minimum Gasteiger partial charge on any atom is -0.352 e. The summed E-state index contributed by atoms with van der Waals surface area (Å²) in [4.78, 5) is 19.4. The quantitative estimate of drug-likeness (QED) is 0.892. The molecule has 2 aromatic rings. The molecular formula is C15H17N3O3S. The van der Waals surface area contributed by atoms with E-state index in [9.17, 15) is 13.2 Å². The second-order valence-electron chi connectivity index (χ2n) is 5.57. The van der Waals surface area contributed by atoms with Gasteiger partial charge in [-0.25, -0.2) is 13.4 Å². The number of hydrogen-bond acceptors (Lipinski definition) is 4. The summed E-state index contributed by atoms with van der Waals surface area (Å²) in [6.45, 7) is 2.31. The third kappa shape index (κ3) is 3.36. The van der Waals surface area contributed by atoms with Gasteiger partial charge in [-0.15, -0.1) is 0 Å². The molecule has 2 heterocycles. The Hall–Kier alpha value is -2.15. The van der Waals surface area contributed by atoms with Gasteiger partial charge >= 0.3 is 0 Å². The molecule has 7 heteroatoms. The van der Waals surface area contributed by atoms with Gasteiger partial charge in [0, 0.05) is 24.3 Å². The SMILES string of the molecule is Cc1nc2ccc(CNC(=O)C[C@@H]3C=CS(=O)(=O)C3)cc2[nH]1. The second-order valence-corrected chi connectivity index (χ2v) is 7.50. The zero-order valence-corrected chi connectivity index (χ0v) is 13.0. The summed E-state index contributed by atoms with van der Waals surface area (Å²) in [5.41, 5.74) is 2.81. The Kier molecular flexibility index (Phi) is 3.74. The fraction of sp³-hybridized carbons (Fsp3) is 0.333. The molecule has 1 aliphatic heterocycles. The molecule has 1 aromatic carbocycles. The number of carbonyl (C=O) groups excluding carboxylic acids is 1. The Labute approximate surface area is 128 Å². The molecule has 1 aliphatic rings. The minimum absolute atomic E-state index is 0.0276. The molecule has 1 aromatic heterocycles. The lowest BCUT2D eigenvalue weighted by atomic mass is 10.1. The number of hydrogen-bond donors (Lipinski definition) is 2. The average Bonchev–Trinajstić information content (AvgIpc) is 2.97. The molecule has 6 nitrogen and oxygen atoms in total. The molecule has 0 unspecified atom stereocenters. The van der Waals surface area contributed by atoms with E-state index in [-0.39, 0.29) is 24.0 Å². The standard InChI is InChI=1S/C15H17N3O3S/c1-10-17-13-3-2-11(6-14(13)18-10)8-16-15(19)7-12-4-5-22(20,21)9-12/h2-6,12H,7-9H2,1H3,(H,16,19)(H,17,18)/t12-/m0/s1. The highest BCUT2D eigenvalue weighted by Crippen LogP contribution is 2.18. The van der Waals surface area contributed by atoms with Gasteiger partial charge in [0.2, 0.25) is 5.91 Å². The fourth-order valence-electron chi connectivity index (χ4n) is 2.57. The molecule has 0 saturated heterocycles. The number of aryl methyl sites for hydroxylation is 1. The van der Waals surface area contributed by atoms with Gasteiger partial charge in [-0.05, 0) is 24.6 Å². The normalized spacial score (nSPS) is 19.6. The number of nitrogens with one attached hydrogen (secondary N) is 2. The van der Waals surface area contributed by atoms with Crippen LogP contribution in [0.4, 0.5) is 0 Å². The van der Waals surface area contributed by atoms with Crippen LogP contribution in [-0.4, -0.2) is 30.0 Å². The first kappa shape index (κ1) is 14.8. The van der Waals surface area contributed by atoms with Gasteiger partial charge in [-0.1, -0.05) is 12.1 Å². The maximum Gasteiger partial charge on any atom is 0.220 e. The van der Waals surface area contributed by atoms with Crippen molar-refractivity contribution in [3.63, 3.8) is 0 Å². The van der Waals surface area contributed by atoms with Gasteiger partial charge in [-0.2, -0.15) is 0 Å². The number of H-pyrrole nitrogens is 1. The summed E-state index contributed by atoms with van der Waals surface area (Å²) in [5.74, 6) is 0.514. The second kappa shape index (κ2) is 5.57. The Morgan fingerprint density at radius 2 is 2.27 bits per heavy atom. The largest absolute Gasteiger partial charge is 0.352 e. The smallest absolute Gasteiger partial charge is 0.220 e. The fourth-order valence-corrected chi connectivity index (χ4v) is 3.97. The van der Waals surface area contributed by atoms with Crippen molar-refractivity contribution in [2.45, 2.75) is 19.9 Å². The van der Waals surface area contributed by atoms with Crippen molar-refractivity contribution in [1.29, 1.82) is 0 Å². The van der Waals surface area contributed by atoms with E-state index in [1.54, 1.807) is 6.08 Å². The Bertz CT molecular complexity index is 852. The summed E-state index contributed by atoms with van der Waals surface area (Å²) in [7, 11) is -3.10. The zero-order valence-electron chi connectivity index (χ0n) is 12.2. The third-order valence-electron chi connectivity index (χ3n) is 3.61. The van der Waals surface area contributed by atoms with E-state index in [1.807, 2.05) is 25.1 Å². The highest BCUT2D eigenvalue weighted by Gasteiger charge is 2.23. The molecule has 1 amide bonds. The van der Waals surface area contributed by atoms with Crippen LogP contribution in [0.3, 0.4) is 0 Å². The predicted molar refractivity (Wildman–Crippen MR) is 83.7 cm³/mol. The third-order valence-corrected chi connectivity index (χ3v) is 5.07. The van der Waals surface area contributed by atoms with E-state index < -0.39 is 9.84 Å². The van der Waals surface area contributed by atoms with Gasteiger partial charge in [0.05, 0.1) is 16.8 Å². The summed E-state index contributed by atoms with van der Waals surface area (Å²) < 4.78 is 22.6. The number of sulfone groups is 1. The van der Waals surface area contributed by atoms with Gasteiger partial charge in [0.15, 0.2) is 9.84 Å². The lowest BCUT2D eigenvalue weighted by Crippen LogP contribution is -2.25. The van der Waals surface area contributed by atoms with Crippen LogP contribution in [0, 0.1) is 12.8 Å². The van der Waals surface area contributed by atoms with Gasteiger partial charge in [-0.3, -0.25) is 4.79 Å². The van der Waals surface area contributed by atoms with E-state index in [0.29, 0.717) is 6.54 Å². The summed E-state index contributed by atoms with van der Waals surface area (Å²) in [5, 5.41) is 4.02. The molecule has 1 atom stereocenters. The number of aromatic nitrogens is 2. The number of fused-ring (bicyclic) bond motifs is 1. The molecule has 0 spiro atoms. The maximum atomic E-state index is 11.9. The van der Waals surface area contributed by atoms with Crippen molar-refractivity contribution in [1.82, 2.24) is 15.3 Å². The Morgan fingerprint density at radius 3 is 3.00 bits per heavy atom.